The first-order valence-electron chi connectivity index (χ1n) is 8.06. The number of aromatic hydroxyl groups is 1. The number of nitrogens with one attached hydrogen (secondary N) is 1. The molecule has 2 heterocycles. The van der Waals surface area contributed by atoms with E-state index in [0.717, 1.165) is 4.57 Å². The van der Waals surface area contributed by atoms with Crippen LogP contribution < -0.4 is 11.2 Å². The second-order valence-electron chi connectivity index (χ2n) is 6.08. The number of ether oxygens (including phenoxy) is 1. The predicted octanol–water partition coefficient (Wildman–Crippen LogP) is 1.69. The molecular formula is C19H13FN2O5. The lowest BCUT2D eigenvalue weighted by atomic mass is 10.0. The van der Waals surface area contributed by atoms with Crippen LogP contribution in [0.5, 0.6) is 5.88 Å². The summed E-state index contributed by atoms with van der Waals surface area (Å²) in [6.07, 6.45) is -1.13. The van der Waals surface area contributed by atoms with Crippen molar-refractivity contribution in [3.8, 4) is 5.88 Å². The summed E-state index contributed by atoms with van der Waals surface area (Å²) in [6.45, 7) is -0.100. The van der Waals surface area contributed by atoms with Crippen LogP contribution in [0.25, 0.3) is 0 Å². The van der Waals surface area contributed by atoms with Gasteiger partial charge in [0.2, 0.25) is 5.88 Å². The average Bonchev–Trinajstić information content (AvgIpc) is 2.97. The zero-order valence-electron chi connectivity index (χ0n) is 13.8. The monoisotopic (exact) mass is 368 g/mol. The van der Waals surface area contributed by atoms with E-state index in [1.807, 2.05) is 0 Å². The Balaban J connectivity index is 1.83. The predicted molar refractivity (Wildman–Crippen MR) is 92.2 cm³/mol. The molecule has 0 amide bonds. The molecule has 0 saturated heterocycles. The summed E-state index contributed by atoms with van der Waals surface area (Å²) >= 11 is 0. The molecule has 4 rings (SSSR count). The largest absolute Gasteiger partial charge is 0.494 e. The number of cyclic esters (lactones) is 1. The van der Waals surface area contributed by atoms with Crippen LogP contribution in [0.4, 0.5) is 4.39 Å². The van der Waals surface area contributed by atoms with Crippen molar-refractivity contribution in [1.29, 1.82) is 0 Å². The van der Waals surface area contributed by atoms with E-state index in [1.165, 1.54) is 24.3 Å². The van der Waals surface area contributed by atoms with Crippen molar-refractivity contribution in [2.45, 2.75) is 12.6 Å². The highest BCUT2D eigenvalue weighted by Gasteiger charge is 2.36. The van der Waals surface area contributed by atoms with Gasteiger partial charge < -0.3 is 9.84 Å². The van der Waals surface area contributed by atoms with Gasteiger partial charge in [-0.1, -0.05) is 30.3 Å². The van der Waals surface area contributed by atoms with Crippen LogP contribution in [-0.2, 0) is 11.3 Å². The minimum absolute atomic E-state index is 0.100. The van der Waals surface area contributed by atoms with E-state index >= 15 is 0 Å². The summed E-state index contributed by atoms with van der Waals surface area (Å²) < 4.78 is 19.3. The Morgan fingerprint density at radius 3 is 2.52 bits per heavy atom. The maximum atomic E-state index is 13.1. The van der Waals surface area contributed by atoms with Crippen LogP contribution in [0.3, 0.4) is 0 Å². The van der Waals surface area contributed by atoms with Crippen LogP contribution in [0.2, 0.25) is 0 Å². The number of halogens is 1. The maximum absolute atomic E-state index is 13.1. The van der Waals surface area contributed by atoms with Gasteiger partial charge in [-0.2, -0.15) is 0 Å². The maximum Gasteiger partial charge on any atom is 0.339 e. The van der Waals surface area contributed by atoms with E-state index < -0.39 is 35.0 Å². The third-order valence-electron chi connectivity index (χ3n) is 4.41. The highest BCUT2D eigenvalue weighted by Crippen LogP contribution is 2.37. The molecule has 136 valence electrons. The SMILES string of the molecule is O=C1O[C@@H](c2c(O)n(Cc3ccc(F)cc3)c(=O)[nH]c2=O)c2ccccc21. The number of hydrogen-bond donors (Lipinski definition) is 2. The molecule has 1 aliphatic rings. The van der Waals surface area contributed by atoms with Gasteiger partial charge in [-0.05, 0) is 23.8 Å². The topological polar surface area (TPSA) is 101 Å². The Morgan fingerprint density at radius 2 is 1.78 bits per heavy atom. The molecule has 0 radical (unpaired) electrons. The first kappa shape index (κ1) is 16.8. The summed E-state index contributed by atoms with van der Waals surface area (Å²) in [6, 6.07) is 11.8. The van der Waals surface area contributed by atoms with Gasteiger partial charge in [0.15, 0.2) is 6.10 Å². The van der Waals surface area contributed by atoms with Gasteiger partial charge in [-0.15, -0.1) is 0 Å². The number of fused-ring (bicyclic) bond motifs is 1. The molecule has 7 nitrogen and oxygen atoms in total. The Morgan fingerprint density at radius 1 is 1.07 bits per heavy atom. The van der Waals surface area contributed by atoms with Gasteiger partial charge in [-0.25, -0.2) is 14.0 Å². The summed E-state index contributed by atoms with van der Waals surface area (Å²) in [7, 11) is 0. The number of aromatic nitrogens is 2. The first-order valence-corrected chi connectivity index (χ1v) is 8.06. The summed E-state index contributed by atoms with van der Waals surface area (Å²) in [5, 5.41) is 10.6. The van der Waals surface area contributed by atoms with Crippen LogP contribution in [0, 0.1) is 5.82 Å². The molecule has 0 aliphatic carbocycles. The van der Waals surface area contributed by atoms with Crippen LogP contribution in [0.1, 0.15) is 33.2 Å². The van der Waals surface area contributed by atoms with Gasteiger partial charge in [-0.3, -0.25) is 14.3 Å². The van der Waals surface area contributed by atoms with Crippen molar-refractivity contribution in [2.24, 2.45) is 0 Å². The Labute approximate surface area is 151 Å². The fraction of sp³-hybridized carbons (Fsp3) is 0.105. The molecule has 1 aromatic heterocycles. The number of H-pyrrole nitrogens is 1. The molecule has 2 N–H and O–H groups in total. The summed E-state index contributed by atoms with van der Waals surface area (Å²) in [4.78, 5) is 38.7. The minimum Gasteiger partial charge on any atom is -0.494 e. The third-order valence-corrected chi connectivity index (χ3v) is 4.41. The van der Waals surface area contributed by atoms with E-state index in [-0.39, 0.29) is 17.7 Å². The van der Waals surface area contributed by atoms with Crippen molar-refractivity contribution in [3.63, 3.8) is 0 Å². The lowest BCUT2D eigenvalue weighted by Gasteiger charge is -2.15. The number of rotatable bonds is 3. The molecule has 2 aromatic carbocycles. The quantitative estimate of drug-likeness (QED) is 0.685. The molecule has 0 saturated carbocycles. The summed E-state index contributed by atoms with van der Waals surface area (Å²) in [5.74, 6) is -1.67. The number of benzene rings is 2. The number of carbonyl (C=O) groups is 1. The minimum atomic E-state index is -1.13. The van der Waals surface area contributed by atoms with Crippen LogP contribution in [0.15, 0.2) is 58.1 Å². The van der Waals surface area contributed by atoms with Crippen LogP contribution >= 0.6 is 0 Å². The van der Waals surface area contributed by atoms with E-state index in [0.29, 0.717) is 11.1 Å². The highest BCUT2D eigenvalue weighted by molar-refractivity contribution is 5.94. The molecule has 8 heteroatoms. The van der Waals surface area contributed by atoms with E-state index in [9.17, 15) is 23.9 Å². The van der Waals surface area contributed by atoms with E-state index in [2.05, 4.69) is 4.98 Å². The van der Waals surface area contributed by atoms with Gasteiger partial charge in [0.05, 0.1) is 12.1 Å². The van der Waals surface area contributed by atoms with E-state index in [1.54, 1.807) is 24.3 Å². The normalized spacial score (nSPS) is 15.4. The number of esters is 1. The zero-order chi connectivity index (χ0) is 19.1. The zero-order valence-corrected chi connectivity index (χ0v) is 13.8. The smallest absolute Gasteiger partial charge is 0.339 e. The molecule has 3 aromatic rings. The van der Waals surface area contributed by atoms with Crippen molar-refractivity contribution >= 4 is 5.97 Å². The molecule has 0 fully saturated rings. The lowest BCUT2D eigenvalue weighted by molar-refractivity contribution is 0.0448. The molecular weight excluding hydrogens is 355 g/mol. The highest BCUT2D eigenvalue weighted by atomic mass is 19.1. The molecule has 0 bridgehead atoms. The summed E-state index contributed by atoms with van der Waals surface area (Å²) in [5.41, 5.74) is -0.663. The third kappa shape index (κ3) is 2.80. The lowest BCUT2D eigenvalue weighted by Crippen LogP contribution is -2.33. The Hall–Kier alpha value is -3.68. The molecule has 1 aliphatic heterocycles. The first-order chi connectivity index (χ1) is 13.0. The Bertz CT molecular complexity index is 1160. The Kier molecular flexibility index (Phi) is 3.88. The molecule has 27 heavy (non-hydrogen) atoms. The second kappa shape index (κ2) is 6.24. The van der Waals surface area contributed by atoms with Crippen LogP contribution in [-0.4, -0.2) is 20.6 Å². The average molecular weight is 368 g/mol. The number of carbonyl (C=O) groups excluding carboxylic acids is 1. The second-order valence-corrected chi connectivity index (χ2v) is 6.08. The van der Waals surface area contributed by atoms with Crippen molar-refractivity contribution in [3.05, 3.63) is 97.4 Å². The van der Waals surface area contributed by atoms with Crippen molar-refractivity contribution < 1.29 is 19.0 Å². The fourth-order valence-electron chi connectivity index (χ4n) is 3.09. The standard InChI is InChI=1S/C19H13FN2O5/c20-11-7-5-10(6-8-11)9-22-17(24)14(16(23)21-19(22)26)15-12-3-1-2-4-13(12)18(25)27-15/h1-8,15,24H,9H2,(H,21,23,26)/t15-/m1/s1. The number of aromatic amines is 1. The van der Waals surface area contributed by atoms with Gasteiger partial charge in [0.1, 0.15) is 11.4 Å². The molecule has 0 spiro atoms. The number of nitrogens with zero attached hydrogens (tertiary/aromatic N) is 1. The number of hydrogen-bond acceptors (Lipinski definition) is 5. The molecule has 1 atom stereocenters. The fourth-order valence-corrected chi connectivity index (χ4v) is 3.09. The van der Waals surface area contributed by atoms with E-state index in [4.69, 9.17) is 4.74 Å². The van der Waals surface area contributed by atoms with Crippen molar-refractivity contribution in [2.75, 3.05) is 0 Å². The van der Waals surface area contributed by atoms with Gasteiger partial charge in [0.25, 0.3) is 5.56 Å². The van der Waals surface area contributed by atoms with Gasteiger partial charge in [0, 0.05) is 5.56 Å². The van der Waals surface area contributed by atoms with Gasteiger partial charge >= 0.3 is 11.7 Å². The van der Waals surface area contributed by atoms with Crippen molar-refractivity contribution in [1.82, 2.24) is 9.55 Å². The molecule has 0 unspecified atom stereocenters.